The minimum absolute atomic E-state index is 0.0637. The van der Waals surface area contributed by atoms with E-state index < -0.39 is 21.9 Å². The van der Waals surface area contributed by atoms with Crippen molar-refractivity contribution in [3.8, 4) is 0 Å². The van der Waals surface area contributed by atoms with Crippen LogP contribution in [0.5, 0.6) is 0 Å². The highest BCUT2D eigenvalue weighted by atomic mass is 32.2. The third-order valence-corrected chi connectivity index (χ3v) is 3.22. The van der Waals surface area contributed by atoms with Crippen LogP contribution >= 0.6 is 0 Å². The molecule has 1 rings (SSSR count). The van der Waals surface area contributed by atoms with E-state index in [2.05, 4.69) is 5.32 Å². The van der Waals surface area contributed by atoms with Crippen LogP contribution in [0.4, 0.5) is 5.69 Å². The third kappa shape index (κ3) is 5.58. The second-order valence-corrected chi connectivity index (χ2v) is 5.57. The van der Waals surface area contributed by atoms with Crippen LogP contribution in [-0.4, -0.2) is 51.7 Å². The predicted molar refractivity (Wildman–Crippen MR) is 78.5 cm³/mol. The van der Waals surface area contributed by atoms with E-state index in [-0.39, 0.29) is 17.0 Å². The fourth-order valence-corrected chi connectivity index (χ4v) is 2.11. The first-order valence-electron chi connectivity index (χ1n) is 6.09. The van der Waals surface area contributed by atoms with E-state index in [9.17, 15) is 19.1 Å². The molecule has 1 amide bonds. The zero-order chi connectivity index (χ0) is 16.0. The van der Waals surface area contributed by atoms with Crippen molar-refractivity contribution < 1.29 is 18.5 Å². The van der Waals surface area contributed by atoms with Gasteiger partial charge in [0, 0.05) is 19.2 Å². The Balaban J connectivity index is 2.92. The lowest BCUT2D eigenvalue weighted by molar-refractivity contribution is -0.385. The molecule has 0 saturated heterocycles. The Morgan fingerprint density at radius 2 is 2.14 bits per heavy atom. The van der Waals surface area contributed by atoms with Crippen LogP contribution in [0.1, 0.15) is 15.9 Å². The summed E-state index contributed by atoms with van der Waals surface area (Å²) in [6, 6.07) is 3.88. The summed E-state index contributed by atoms with van der Waals surface area (Å²) in [7, 11) is 3.69. The highest BCUT2D eigenvalue weighted by Crippen LogP contribution is 2.21. The summed E-state index contributed by atoms with van der Waals surface area (Å²) in [5.41, 5.74) is -0.112. The van der Waals surface area contributed by atoms with Gasteiger partial charge in [-0.1, -0.05) is 6.07 Å². The quantitative estimate of drug-likeness (QED) is 0.433. The largest absolute Gasteiger partial charge is 0.351 e. The van der Waals surface area contributed by atoms with Gasteiger partial charge in [-0.05, 0) is 25.7 Å². The minimum Gasteiger partial charge on any atom is -0.351 e. The molecule has 116 valence electrons. The van der Waals surface area contributed by atoms with E-state index in [1.165, 1.54) is 12.1 Å². The maximum Gasteiger partial charge on any atom is 0.282 e. The molecule has 0 fully saturated rings. The van der Waals surface area contributed by atoms with Crippen LogP contribution < -0.4 is 5.32 Å². The van der Waals surface area contributed by atoms with Gasteiger partial charge in [0.25, 0.3) is 11.6 Å². The number of amides is 1. The second kappa shape index (κ2) is 7.81. The van der Waals surface area contributed by atoms with Gasteiger partial charge < -0.3 is 14.8 Å². The number of nitrogens with zero attached hydrogens (tertiary/aromatic N) is 2. The number of nitro groups is 1. The zero-order valence-electron chi connectivity index (χ0n) is 11.7. The van der Waals surface area contributed by atoms with Crippen molar-refractivity contribution in [3.63, 3.8) is 0 Å². The van der Waals surface area contributed by atoms with Crippen molar-refractivity contribution in [2.75, 3.05) is 27.2 Å². The summed E-state index contributed by atoms with van der Waals surface area (Å²) in [5, 5.41) is 13.6. The maximum absolute atomic E-state index is 11.9. The normalized spacial score (nSPS) is 12.2. The van der Waals surface area contributed by atoms with Crippen molar-refractivity contribution in [1.82, 2.24) is 10.2 Å². The van der Waals surface area contributed by atoms with Gasteiger partial charge in [-0.25, -0.2) is 4.21 Å². The average Bonchev–Trinajstić information content (AvgIpc) is 2.37. The molecule has 1 aromatic rings. The summed E-state index contributed by atoms with van der Waals surface area (Å²) in [6.45, 7) is 0.979. The molecule has 1 aromatic carbocycles. The Hall–Kier alpha value is -1.84. The van der Waals surface area contributed by atoms with E-state index in [0.29, 0.717) is 18.7 Å². The molecule has 1 unspecified atom stereocenters. The fourth-order valence-electron chi connectivity index (χ4n) is 1.64. The Bertz CT molecular complexity index is 562. The summed E-state index contributed by atoms with van der Waals surface area (Å²) < 4.78 is 19.5. The molecule has 0 aliphatic carbocycles. The van der Waals surface area contributed by atoms with Gasteiger partial charge in [-0.2, -0.15) is 0 Å². The first-order valence-corrected chi connectivity index (χ1v) is 7.36. The Morgan fingerprint density at radius 1 is 1.48 bits per heavy atom. The molecule has 9 heteroatoms. The molecule has 8 nitrogen and oxygen atoms in total. The summed E-state index contributed by atoms with van der Waals surface area (Å²) in [6.07, 6.45) is 0. The molecule has 21 heavy (non-hydrogen) atoms. The van der Waals surface area contributed by atoms with Crippen LogP contribution in [0.2, 0.25) is 0 Å². The number of rotatable bonds is 7. The molecule has 0 aliphatic rings. The van der Waals surface area contributed by atoms with Crippen molar-refractivity contribution in [2.45, 2.75) is 5.75 Å². The van der Waals surface area contributed by atoms with Crippen LogP contribution in [0, 0.1) is 10.1 Å². The number of carbonyl (C=O) groups excluding carboxylic acids is 1. The number of hydrogen-bond acceptors (Lipinski definition) is 5. The Labute approximate surface area is 124 Å². The van der Waals surface area contributed by atoms with Gasteiger partial charge in [0.1, 0.15) is 5.56 Å². The standard InChI is InChI=1S/C12H17N3O5S/c1-14(2)6-5-13-12(16)10-4-3-9(8-21(19)20)7-11(10)15(17)18/h3-4,7H,5-6,8H2,1-2H3,(H,13,16)(H,19,20). The topological polar surface area (TPSA) is 113 Å². The lowest BCUT2D eigenvalue weighted by atomic mass is 10.1. The van der Waals surface area contributed by atoms with Gasteiger partial charge >= 0.3 is 0 Å². The van der Waals surface area contributed by atoms with Gasteiger partial charge in [0.05, 0.1) is 10.7 Å². The first-order chi connectivity index (χ1) is 9.81. The van der Waals surface area contributed by atoms with E-state index in [1.807, 2.05) is 19.0 Å². The highest BCUT2D eigenvalue weighted by molar-refractivity contribution is 7.78. The Morgan fingerprint density at radius 3 is 2.67 bits per heavy atom. The second-order valence-electron chi connectivity index (χ2n) is 4.63. The maximum atomic E-state index is 11.9. The number of carbonyl (C=O) groups is 1. The van der Waals surface area contributed by atoms with Crippen LogP contribution in [-0.2, 0) is 16.8 Å². The molecule has 0 aliphatic heterocycles. The van der Waals surface area contributed by atoms with Crippen molar-refractivity contribution in [2.24, 2.45) is 0 Å². The van der Waals surface area contributed by atoms with E-state index in [0.717, 1.165) is 6.07 Å². The molecule has 0 radical (unpaired) electrons. The zero-order valence-corrected chi connectivity index (χ0v) is 12.6. The van der Waals surface area contributed by atoms with E-state index >= 15 is 0 Å². The molecular formula is C12H17N3O5S. The smallest absolute Gasteiger partial charge is 0.282 e. The molecule has 0 heterocycles. The molecule has 0 spiro atoms. The summed E-state index contributed by atoms with van der Waals surface area (Å²) in [5.74, 6) is -0.760. The number of hydrogen-bond donors (Lipinski definition) is 2. The van der Waals surface area contributed by atoms with Gasteiger partial charge in [0.2, 0.25) is 0 Å². The minimum atomic E-state index is -2.09. The predicted octanol–water partition coefficient (Wildman–Crippen LogP) is 0.608. The SMILES string of the molecule is CN(C)CCNC(=O)c1ccc(CS(=O)O)cc1[N+](=O)[O-]. The number of likely N-dealkylation sites (N-methyl/N-ethyl adjacent to an activating group) is 1. The number of nitro benzene ring substituents is 1. The first kappa shape index (κ1) is 17.2. The molecule has 1 atom stereocenters. The monoisotopic (exact) mass is 315 g/mol. The van der Waals surface area contributed by atoms with Gasteiger partial charge in [-0.15, -0.1) is 0 Å². The molecule has 0 saturated carbocycles. The lowest BCUT2D eigenvalue weighted by Gasteiger charge is -2.10. The molecule has 0 bridgehead atoms. The van der Waals surface area contributed by atoms with E-state index in [4.69, 9.17) is 4.55 Å². The Kier molecular flexibility index (Phi) is 6.40. The highest BCUT2D eigenvalue weighted by Gasteiger charge is 2.20. The molecule has 2 N–H and O–H groups in total. The van der Waals surface area contributed by atoms with E-state index in [1.54, 1.807) is 0 Å². The van der Waals surface area contributed by atoms with Crippen LogP contribution in [0.15, 0.2) is 18.2 Å². The lowest BCUT2D eigenvalue weighted by Crippen LogP contribution is -2.31. The van der Waals surface area contributed by atoms with Crippen LogP contribution in [0.25, 0.3) is 0 Å². The fraction of sp³-hybridized carbons (Fsp3) is 0.417. The molecular weight excluding hydrogens is 298 g/mol. The molecule has 0 aromatic heterocycles. The van der Waals surface area contributed by atoms with Crippen LogP contribution in [0.3, 0.4) is 0 Å². The summed E-state index contributed by atoms with van der Waals surface area (Å²) in [4.78, 5) is 24.2. The van der Waals surface area contributed by atoms with Crippen molar-refractivity contribution in [3.05, 3.63) is 39.4 Å². The third-order valence-electron chi connectivity index (χ3n) is 2.64. The van der Waals surface area contributed by atoms with Gasteiger partial charge in [-0.3, -0.25) is 14.9 Å². The van der Waals surface area contributed by atoms with Crippen molar-refractivity contribution in [1.29, 1.82) is 0 Å². The summed E-state index contributed by atoms with van der Waals surface area (Å²) >= 11 is -2.09. The average molecular weight is 315 g/mol. The number of benzene rings is 1. The van der Waals surface area contributed by atoms with Crippen molar-refractivity contribution >= 4 is 22.7 Å². The number of nitrogens with one attached hydrogen (secondary N) is 1. The van der Waals surface area contributed by atoms with Gasteiger partial charge in [0.15, 0.2) is 11.1 Å².